The van der Waals surface area contributed by atoms with Crippen LogP contribution < -0.4 is 44.1 Å². The molecule has 0 bridgehead atoms. The van der Waals surface area contributed by atoms with Crippen LogP contribution >= 0.6 is 34.8 Å². The summed E-state index contributed by atoms with van der Waals surface area (Å²) in [6.45, 7) is 5.77. The van der Waals surface area contributed by atoms with Crippen molar-refractivity contribution in [1.29, 1.82) is 0 Å². The number of nitrogen functional groups attached to an aromatic ring is 1. The van der Waals surface area contributed by atoms with Crippen molar-refractivity contribution in [3.8, 4) is 17.6 Å². The minimum absolute atomic E-state index is 0. The van der Waals surface area contributed by atoms with E-state index < -0.39 is 11.9 Å². The molecular formula is C67H62Cl3LiN12O10. The van der Waals surface area contributed by atoms with Crippen LogP contribution in [-0.2, 0) is 30.9 Å². The zero-order valence-corrected chi connectivity index (χ0v) is 53.0. The quantitative estimate of drug-likeness (QED) is 0.0674. The summed E-state index contributed by atoms with van der Waals surface area (Å²) < 4.78 is 26.4. The van der Waals surface area contributed by atoms with E-state index in [0.717, 1.165) is 82.8 Å². The van der Waals surface area contributed by atoms with Gasteiger partial charge in [-0.05, 0) is 121 Å². The van der Waals surface area contributed by atoms with E-state index in [1.54, 1.807) is 62.4 Å². The van der Waals surface area contributed by atoms with Crippen LogP contribution in [0.2, 0.25) is 15.1 Å². The number of carbonyl (C=O) groups excluding carboxylic acids is 2. The third-order valence-corrected chi connectivity index (χ3v) is 15.4. The molecule has 3 aromatic carbocycles. The molecule has 13 rings (SSSR count). The smallest absolute Gasteiger partial charge is 0.870 e. The second-order valence-corrected chi connectivity index (χ2v) is 21.9. The van der Waals surface area contributed by atoms with Crippen LogP contribution in [0, 0.1) is 13.8 Å². The number of nitrogens with one attached hydrogen (secondary N) is 1. The SMILES string of the molecule is C.COC(=O)c1cn(Cc2ccc3ncc(Cl)cc3c2)c2ccc(OC)nc12.COc1ccc2c(n1)c(C(=O)NCc1c(C)cc(N)nc1C)cn2Cc1ccc2ncc(Cl)cc2c1.COc1ccc2c(n1)c(C(=O)O)cn2Cc1ccc2ncc(Cl)cc2c1.O.[Li+].[OH-]. The maximum atomic E-state index is 13.3. The normalized spacial score (nSPS) is 10.7. The van der Waals surface area contributed by atoms with Crippen molar-refractivity contribution in [1.82, 2.24) is 53.9 Å². The largest absolute Gasteiger partial charge is 1.00 e. The molecule has 0 atom stereocenters. The summed E-state index contributed by atoms with van der Waals surface area (Å²) in [5.74, 6) is 0.0324. The van der Waals surface area contributed by atoms with Crippen LogP contribution in [0.15, 0.2) is 152 Å². The molecule has 10 heterocycles. The molecule has 22 nitrogen and oxygen atoms in total. The first kappa shape index (κ1) is 70.6. The number of hydrogen-bond acceptors (Lipinski definition) is 16. The number of aromatic carboxylic acids is 1. The Labute approximate surface area is 560 Å². The van der Waals surface area contributed by atoms with Gasteiger partial charge in [0.25, 0.3) is 5.91 Å². The van der Waals surface area contributed by atoms with Gasteiger partial charge in [-0.25, -0.2) is 29.5 Å². The number of ether oxygens (including phenoxy) is 4. The number of methoxy groups -OCH3 is 4. The average molecular weight is 1310 g/mol. The van der Waals surface area contributed by atoms with E-state index in [-0.39, 0.29) is 48.7 Å². The summed E-state index contributed by atoms with van der Waals surface area (Å²) in [6, 6.07) is 36.2. The zero-order chi connectivity index (χ0) is 62.6. The Hall–Kier alpha value is -9.89. The van der Waals surface area contributed by atoms with Gasteiger partial charge in [0.05, 0.1) is 82.2 Å². The Bertz CT molecular complexity index is 4910. The number of halogens is 3. The zero-order valence-electron chi connectivity index (χ0n) is 50.7. The van der Waals surface area contributed by atoms with Crippen LogP contribution in [-0.4, -0.2) is 111 Å². The number of carboxylic acids is 1. The fraction of sp³-hybridized carbons (Fsp3) is 0.164. The van der Waals surface area contributed by atoms with Crippen molar-refractivity contribution in [2.75, 3.05) is 34.2 Å². The van der Waals surface area contributed by atoms with Crippen molar-refractivity contribution >= 4 is 124 Å². The van der Waals surface area contributed by atoms with E-state index in [0.29, 0.717) is 92.4 Å². The van der Waals surface area contributed by atoms with Crippen LogP contribution in [0.25, 0.3) is 65.8 Å². The third kappa shape index (κ3) is 15.5. The maximum Gasteiger partial charge on any atom is 1.00 e. The summed E-state index contributed by atoms with van der Waals surface area (Å²) in [4.78, 5) is 67.6. The van der Waals surface area contributed by atoms with Crippen LogP contribution in [0.5, 0.6) is 17.6 Å². The molecule has 0 aliphatic heterocycles. The molecule has 0 saturated carbocycles. The topological polar surface area (TPSA) is 313 Å². The Morgan fingerprint density at radius 3 is 1.29 bits per heavy atom. The Morgan fingerprint density at radius 2 is 0.914 bits per heavy atom. The molecule has 13 aromatic rings. The second kappa shape index (κ2) is 30.5. The van der Waals surface area contributed by atoms with Gasteiger partial charge in [0.1, 0.15) is 33.5 Å². The van der Waals surface area contributed by atoms with Crippen molar-refractivity contribution in [2.24, 2.45) is 0 Å². The number of nitrogens with two attached hydrogens (primary N) is 1. The first-order valence-corrected chi connectivity index (χ1v) is 28.7. The second-order valence-electron chi connectivity index (χ2n) is 20.6. The number of benzene rings is 3. The van der Waals surface area contributed by atoms with Crippen molar-refractivity contribution in [3.05, 3.63) is 218 Å². The number of fused-ring (bicyclic) bond motifs is 6. The van der Waals surface area contributed by atoms with Crippen LogP contribution in [0.4, 0.5) is 5.82 Å². The Kier molecular flexibility index (Phi) is 23.1. The molecule has 26 heteroatoms. The van der Waals surface area contributed by atoms with E-state index in [1.165, 1.54) is 21.3 Å². The fourth-order valence-corrected chi connectivity index (χ4v) is 11.0. The Morgan fingerprint density at radius 1 is 0.538 bits per heavy atom. The number of rotatable bonds is 14. The number of nitrogens with zero attached hydrogens (tertiary/aromatic N) is 10. The van der Waals surface area contributed by atoms with E-state index in [2.05, 4.69) is 46.3 Å². The van der Waals surface area contributed by atoms with Crippen molar-refractivity contribution in [3.63, 3.8) is 0 Å². The molecule has 10 aromatic heterocycles. The van der Waals surface area contributed by atoms with E-state index in [9.17, 15) is 19.5 Å². The maximum absolute atomic E-state index is 13.3. The molecule has 0 saturated heterocycles. The minimum Gasteiger partial charge on any atom is -0.870 e. The van der Waals surface area contributed by atoms with Gasteiger partial charge in [-0.1, -0.05) is 60.4 Å². The number of hydrogen-bond donors (Lipinski definition) is 3. The van der Waals surface area contributed by atoms with Crippen LogP contribution in [0.1, 0.15) is 72.0 Å². The standard InChI is InChI=1S/C27H25ClN6O2.C20H16ClN3O3.C19H14ClN3O3.CH4.Li.2H2O/c1-15-8-24(29)32-16(2)20(15)12-31-27(35)21-14-34(23-6-7-25(36-3)33-26(21)23)13-17-4-5-22-18(9-17)10-19(28)11-30-22;1-26-18-6-5-17-19(23-18)15(20(25)27-2)11-24(17)10-12-3-4-16-13(7-12)8-14(21)9-22-16;1-26-17-5-4-16-18(22-17)14(19(24)25)10-23(16)9-11-2-3-15-12(6-11)7-13(20)8-21-15;;;;/h4-11,14H,12-13H2,1-3H3,(H2,29,32)(H,31,35);3-9,11H,10H2,1-2H3;2-8,10H,9H2,1H3,(H,24,25);1H4;;2*1H2/q;;;;+1;;/p-1. The first-order valence-electron chi connectivity index (χ1n) is 27.5. The predicted molar refractivity (Wildman–Crippen MR) is 356 cm³/mol. The third-order valence-electron chi connectivity index (χ3n) is 14.8. The fourth-order valence-electron chi connectivity index (χ4n) is 10.5. The number of aryl methyl sites for hydroxylation is 2. The minimum atomic E-state index is -1.02. The van der Waals surface area contributed by atoms with Gasteiger partial charge in [0.2, 0.25) is 17.6 Å². The monoisotopic (exact) mass is 1310 g/mol. The van der Waals surface area contributed by atoms with Crippen molar-refractivity contribution in [2.45, 2.75) is 47.5 Å². The van der Waals surface area contributed by atoms with Gasteiger partial charge in [-0.3, -0.25) is 19.7 Å². The van der Waals surface area contributed by atoms with Crippen molar-refractivity contribution < 1.29 is 68.3 Å². The molecular weight excluding hydrogens is 1250 g/mol. The number of esters is 1. The number of amides is 1. The molecule has 0 radical (unpaired) electrons. The summed E-state index contributed by atoms with van der Waals surface area (Å²) in [5, 5.41) is 17.1. The Balaban J connectivity index is 0.000000197. The van der Waals surface area contributed by atoms with Gasteiger partial charge in [0, 0.05) is 103 Å². The molecule has 0 unspecified atom stereocenters. The number of aromatic nitrogens is 10. The first-order chi connectivity index (χ1) is 42.9. The number of carboxylic acid groups (broad SMARTS) is 1. The summed E-state index contributed by atoms with van der Waals surface area (Å²) in [7, 11) is 5.95. The molecule has 0 aliphatic rings. The molecule has 0 fully saturated rings. The van der Waals surface area contributed by atoms with E-state index >= 15 is 0 Å². The average Bonchev–Trinajstić information content (AvgIpc) is 1.68. The summed E-state index contributed by atoms with van der Waals surface area (Å²) in [6.07, 6.45) is 10.1. The molecule has 93 heavy (non-hydrogen) atoms. The molecule has 0 aliphatic carbocycles. The number of pyridine rings is 7. The van der Waals surface area contributed by atoms with Crippen LogP contribution in [0.3, 0.4) is 0 Å². The predicted octanol–water partition coefficient (Wildman–Crippen LogP) is 9.53. The van der Waals surface area contributed by atoms with E-state index in [1.807, 2.05) is 119 Å². The van der Waals surface area contributed by atoms with Gasteiger partial charge >= 0.3 is 30.8 Å². The molecule has 1 amide bonds. The van der Waals surface area contributed by atoms with E-state index in [4.69, 9.17) is 59.5 Å². The number of carbonyl (C=O) groups is 3. The number of anilines is 1. The summed E-state index contributed by atoms with van der Waals surface area (Å²) in [5.41, 5.74) is 19.2. The molecule has 0 spiro atoms. The van der Waals surface area contributed by atoms with Gasteiger partial charge in [-0.15, -0.1) is 0 Å². The molecule has 472 valence electrons. The van der Waals surface area contributed by atoms with Gasteiger partial charge < -0.3 is 59.8 Å². The van der Waals surface area contributed by atoms with Gasteiger partial charge in [0.15, 0.2) is 0 Å². The summed E-state index contributed by atoms with van der Waals surface area (Å²) >= 11 is 18.2. The van der Waals surface area contributed by atoms with Gasteiger partial charge in [-0.2, -0.15) is 0 Å². The molecule has 7 N–H and O–H groups in total.